The van der Waals surface area contributed by atoms with Gasteiger partial charge < -0.3 is 15.5 Å². The topological polar surface area (TPSA) is 70.2 Å². The van der Waals surface area contributed by atoms with Crippen LogP contribution in [0.5, 0.6) is 0 Å². The molecule has 1 saturated heterocycles. The van der Waals surface area contributed by atoms with Gasteiger partial charge in [-0.1, -0.05) is 22.0 Å². The first kappa shape index (κ1) is 17.7. The molecule has 0 atom stereocenters. The van der Waals surface area contributed by atoms with Crippen molar-refractivity contribution >= 4 is 33.5 Å². The second-order valence-corrected chi connectivity index (χ2v) is 6.96. The van der Waals surface area contributed by atoms with Crippen LogP contribution >= 0.6 is 15.9 Å². The number of carbonyl (C=O) groups is 1. The average molecular weight is 404 g/mol. The minimum atomic E-state index is -0.0836. The van der Waals surface area contributed by atoms with Gasteiger partial charge in [0.05, 0.1) is 0 Å². The SMILES string of the molecule is Cc1nc(NCCNC(=O)c2cccc(Br)c2)cc(N2CCCC2)n1. The Morgan fingerprint density at radius 1 is 1.20 bits per heavy atom. The second-order valence-electron chi connectivity index (χ2n) is 6.05. The summed E-state index contributed by atoms with van der Waals surface area (Å²) in [5.41, 5.74) is 0.642. The molecule has 2 heterocycles. The van der Waals surface area contributed by atoms with E-state index in [2.05, 4.69) is 41.4 Å². The number of hydrogen-bond acceptors (Lipinski definition) is 5. The number of rotatable bonds is 6. The lowest BCUT2D eigenvalue weighted by molar-refractivity contribution is 0.0955. The minimum Gasteiger partial charge on any atom is -0.368 e. The fourth-order valence-electron chi connectivity index (χ4n) is 2.85. The summed E-state index contributed by atoms with van der Waals surface area (Å²) in [6.45, 7) is 5.14. The predicted molar refractivity (Wildman–Crippen MR) is 103 cm³/mol. The van der Waals surface area contributed by atoms with Crippen LogP contribution in [0.1, 0.15) is 29.0 Å². The highest BCUT2D eigenvalue weighted by Gasteiger charge is 2.15. The second kappa shape index (κ2) is 8.29. The monoisotopic (exact) mass is 403 g/mol. The molecule has 1 fully saturated rings. The fraction of sp³-hybridized carbons (Fsp3) is 0.389. The summed E-state index contributed by atoms with van der Waals surface area (Å²) < 4.78 is 0.893. The smallest absolute Gasteiger partial charge is 0.251 e. The first-order valence-electron chi connectivity index (χ1n) is 8.50. The molecule has 7 heteroatoms. The molecule has 0 unspecified atom stereocenters. The Hall–Kier alpha value is -2.15. The Morgan fingerprint density at radius 2 is 2.00 bits per heavy atom. The molecule has 0 saturated carbocycles. The Bertz CT molecular complexity index is 746. The lowest BCUT2D eigenvalue weighted by atomic mass is 10.2. The molecule has 3 rings (SSSR count). The van der Waals surface area contributed by atoms with E-state index in [9.17, 15) is 4.79 Å². The zero-order valence-corrected chi connectivity index (χ0v) is 15.8. The van der Waals surface area contributed by atoms with Gasteiger partial charge in [-0.25, -0.2) is 9.97 Å². The number of hydrogen-bond donors (Lipinski definition) is 2. The molecule has 2 aromatic rings. The average Bonchev–Trinajstić information content (AvgIpc) is 3.13. The Balaban J connectivity index is 1.51. The van der Waals surface area contributed by atoms with Crippen LogP contribution in [0.4, 0.5) is 11.6 Å². The van der Waals surface area contributed by atoms with Crippen LogP contribution in [-0.2, 0) is 0 Å². The van der Waals surface area contributed by atoms with E-state index in [-0.39, 0.29) is 5.91 Å². The molecule has 1 aromatic carbocycles. The van der Waals surface area contributed by atoms with E-state index in [1.807, 2.05) is 25.1 Å². The van der Waals surface area contributed by atoms with Gasteiger partial charge in [0.2, 0.25) is 0 Å². The summed E-state index contributed by atoms with van der Waals surface area (Å²) in [5, 5.41) is 6.17. The molecule has 0 spiro atoms. The number of aromatic nitrogens is 2. The maximum Gasteiger partial charge on any atom is 0.251 e. The summed E-state index contributed by atoms with van der Waals surface area (Å²) in [6, 6.07) is 9.32. The number of amides is 1. The maximum atomic E-state index is 12.1. The van der Waals surface area contributed by atoms with E-state index in [0.29, 0.717) is 18.7 Å². The molecule has 0 bridgehead atoms. The van der Waals surface area contributed by atoms with Gasteiger partial charge in [-0.05, 0) is 38.0 Å². The molecular formula is C18H22BrN5O. The molecule has 1 aliphatic heterocycles. The third-order valence-corrected chi connectivity index (χ3v) is 4.55. The Kier molecular flexibility index (Phi) is 5.86. The van der Waals surface area contributed by atoms with Gasteiger partial charge in [-0.3, -0.25) is 4.79 Å². The summed E-state index contributed by atoms with van der Waals surface area (Å²) in [5.74, 6) is 2.45. The van der Waals surface area contributed by atoms with E-state index in [4.69, 9.17) is 0 Å². The first-order valence-corrected chi connectivity index (χ1v) is 9.29. The summed E-state index contributed by atoms with van der Waals surface area (Å²) in [4.78, 5) is 23.3. The van der Waals surface area contributed by atoms with Crippen LogP contribution in [-0.4, -0.2) is 42.1 Å². The lowest BCUT2D eigenvalue weighted by Crippen LogP contribution is -2.29. The molecule has 1 amide bonds. The molecule has 132 valence electrons. The molecule has 25 heavy (non-hydrogen) atoms. The van der Waals surface area contributed by atoms with Crippen LogP contribution in [0, 0.1) is 6.92 Å². The Morgan fingerprint density at radius 3 is 2.76 bits per heavy atom. The van der Waals surface area contributed by atoms with E-state index in [0.717, 1.165) is 35.0 Å². The predicted octanol–water partition coefficient (Wildman–Crippen LogP) is 2.99. The van der Waals surface area contributed by atoms with Crippen LogP contribution in [0.25, 0.3) is 0 Å². The standard InChI is InChI=1S/C18H22BrN5O/c1-13-22-16(12-17(23-13)24-9-2-3-10-24)20-7-8-21-18(25)14-5-4-6-15(19)11-14/h4-6,11-12H,2-3,7-10H2,1H3,(H,21,25)(H,20,22,23). The van der Waals surface area contributed by atoms with Gasteiger partial charge in [-0.2, -0.15) is 0 Å². The maximum absolute atomic E-state index is 12.1. The minimum absolute atomic E-state index is 0.0836. The fourth-order valence-corrected chi connectivity index (χ4v) is 3.25. The summed E-state index contributed by atoms with van der Waals surface area (Å²) in [6.07, 6.45) is 2.43. The van der Waals surface area contributed by atoms with E-state index in [1.54, 1.807) is 12.1 Å². The molecule has 6 nitrogen and oxygen atoms in total. The molecule has 0 radical (unpaired) electrons. The molecule has 1 aromatic heterocycles. The normalized spacial score (nSPS) is 13.8. The van der Waals surface area contributed by atoms with E-state index in [1.165, 1.54) is 12.8 Å². The lowest BCUT2D eigenvalue weighted by Gasteiger charge is -2.17. The van der Waals surface area contributed by atoms with Crippen LogP contribution in [0.3, 0.4) is 0 Å². The first-order chi connectivity index (χ1) is 12.1. The Labute approximate surface area is 156 Å². The van der Waals surface area contributed by atoms with Gasteiger partial charge in [0.1, 0.15) is 17.5 Å². The highest BCUT2D eigenvalue weighted by atomic mass is 79.9. The zero-order chi connectivity index (χ0) is 17.6. The number of benzene rings is 1. The van der Waals surface area contributed by atoms with Crippen molar-refractivity contribution in [3.05, 3.63) is 46.2 Å². The van der Waals surface area contributed by atoms with Gasteiger partial charge in [0.25, 0.3) is 5.91 Å². The summed E-state index contributed by atoms with van der Waals surface area (Å²) in [7, 11) is 0. The number of nitrogens with one attached hydrogen (secondary N) is 2. The third kappa shape index (κ3) is 4.92. The van der Waals surface area contributed by atoms with Crippen molar-refractivity contribution < 1.29 is 4.79 Å². The van der Waals surface area contributed by atoms with Crippen molar-refractivity contribution in [3.8, 4) is 0 Å². The van der Waals surface area contributed by atoms with Crippen LogP contribution in [0.15, 0.2) is 34.8 Å². The highest BCUT2D eigenvalue weighted by Crippen LogP contribution is 2.20. The highest BCUT2D eigenvalue weighted by molar-refractivity contribution is 9.10. The largest absolute Gasteiger partial charge is 0.368 e. The van der Waals surface area contributed by atoms with Crippen LogP contribution in [0.2, 0.25) is 0 Å². The number of carbonyl (C=O) groups excluding carboxylic acids is 1. The van der Waals surface area contributed by atoms with E-state index < -0.39 is 0 Å². The number of nitrogens with zero attached hydrogens (tertiary/aromatic N) is 3. The van der Waals surface area contributed by atoms with Gasteiger partial charge in [0.15, 0.2) is 0 Å². The van der Waals surface area contributed by atoms with Crippen molar-refractivity contribution in [2.75, 3.05) is 36.4 Å². The van der Waals surface area contributed by atoms with E-state index >= 15 is 0 Å². The van der Waals surface area contributed by atoms with Gasteiger partial charge >= 0.3 is 0 Å². The number of aryl methyl sites for hydroxylation is 1. The number of anilines is 2. The molecule has 2 N–H and O–H groups in total. The third-order valence-electron chi connectivity index (χ3n) is 4.06. The van der Waals surface area contributed by atoms with Crippen molar-refractivity contribution in [1.82, 2.24) is 15.3 Å². The molecule has 1 aliphatic rings. The summed E-state index contributed by atoms with van der Waals surface area (Å²) >= 11 is 3.37. The van der Waals surface area contributed by atoms with Gasteiger partial charge in [-0.15, -0.1) is 0 Å². The zero-order valence-electron chi connectivity index (χ0n) is 14.3. The van der Waals surface area contributed by atoms with Crippen molar-refractivity contribution in [3.63, 3.8) is 0 Å². The molecular weight excluding hydrogens is 382 g/mol. The van der Waals surface area contributed by atoms with Crippen molar-refractivity contribution in [2.24, 2.45) is 0 Å². The molecule has 0 aliphatic carbocycles. The van der Waals surface area contributed by atoms with Crippen LogP contribution < -0.4 is 15.5 Å². The number of halogens is 1. The quantitative estimate of drug-likeness (QED) is 0.725. The van der Waals surface area contributed by atoms with Crippen molar-refractivity contribution in [1.29, 1.82) is 0 Å². The van der Waals surface area contributed by atoms with Crippen molar-refractivity contribution in [2.45, 2.75) is 19.8 Å². The van der Waals surface area contributed by atoms with Gasteiger partial charge in [0, 0.05) is 42.3 Å².